The highest BCUT2D eigenvalue weighted by molar-refractivity contribution is 5.55. The number of hydrazine groups is 1. The van der Waals surface area contributed by atoms with Crippen molar-refractivity contribution in [2.75, 3.05) is 19.1 Å². The van der Waals surface area contributed by atoms with Crippen LogP contribution >= 0.6 is 0 Å². The molecule has 21 heavy (non-hydrogen) atoms. The maximum atomic E-state index is 5.68. The Morgan fingerprint density at radius 3 is 2.48 bits per heavy atom. The van der Waals surface area contributed by atoms with Gasteiger partial charge in [0.2, 0.25) is 5.75 Å². The first kappa shape index (κ1) is 14.9. The summed E-state index contributed by atoms with van der Waals surface area (Å²) in [5.74, 6) is 7.74. The summed E-state index contributed by atoms with van der Waals surface area (Å²) >= 11 is 0. The summed E-state index contributed by atoms with van der Waals surface area (Å²) in [7, 11) is 1.49. The van der Waals surface area contributed by atoms with E-state index in [1.807, 2.05) is 12.1 Å². The first-order valence-electron chi connectivity index (χ1n) is 6.54. The van der Waals surface area contributed by atoms with Crippen LogP contribution in [0.3, 0.4) is 0 Å². The van der Waals surface area contributed by atoms with Crippen molar-refractivity contribution in [1.82, 2.24) is 9.97 Å². The Hall–Kier alpha value is -2.54. The van der Waals surface area contributed by atoms with E-state index in [2.05, 4.69) is 22.3 Å². The Kier molecular flexibility index (Phi) is 5.16. The summed E-state index contributed by atoms with van der Waals surface area (Å²) in [5, 5.41) is 0. The van der Waals surface area contributed by atoms with Gasteiger partial charge >= 0.3 is 0 Å². The zero-order chi connectivity index (χ0) is 15.1. The smallest absolute Gasteiger partial charge is 0.268 e. The molecule has 0 unspecified atom stereocenters. The first-order valence-corrected chi connectivity index (χ1v) is 6.54. The van der Waals surface area contributed by atoms with Crippen molar-refractivity contribution in [3.05, 3.63) is 30.6 Å². The molecule has 0 aliphatic carbocycles. The number of methoxy groups -OCH3 is 1. The molecule has 0 saturated carbocycles. The molecule has 0 aliphatic rings. The summed E-state index contributed by atoms with van der Waals surface area (Å²) < 4.78 is 16.4. The normalized spacial score (nSPS) is 10.0. The number of anilines is 1. The van der Waals surface area contributed by atoms with Gasteiger partial charge in [-0.05, 0) is 30.7 Å². The van der Waals surface area contributed by atoms with Crippen LogP contribution in [0.5, 0.6) is 23.1 Å². The number of aromatic nitrogens is 2. The fourth-order valence-electron chi connectivity index (χ4n) is 1.65. The molecule has 0 amide bonds. The van der Waals surface area contributed by atoms with E-state index in [9.17, 15) is 0 Å². The van der Waals surface area contributed by atoms with E-state index in [0.29, 0.717) is 23.9 Å². The van der Waals surface area contributed by atoms with E-state index in [-0.39, 0.29) is 5.88 Å². The van der Waals surface area contributed by atoms with Crippen LogP contribution in [0.2, 0.25) is 0 Å². The van der Waals surface area contributed by atoms with Gasteiger partial charge in [0.15, 0.2) is 5.82 Å². The minimum atomic E-state index is 0.280. The van der Waals surface area contributed by atoms with Crippen LogP contribution in [-0.2, 0) is 0 Å². The molecule has 0 aliphatic heterocycles. The van der Waals surface area contributed by atoms with Gasteiger partial charge in [-0.1, -0.05) is 6.92 Å². The van der Waals surface area contributed by atoms with Gasteiger partial charge in [0.1, 0.15) is 17.8 Å². The van der Waals surface area contributed by atoms with Gasteiger partial charge in [-0.15, -0.1) is 0 Å². The molecule has 1 aromatic carbocycles. The van der Waals surface area contributed by atoms with E-state index in [1.165, 1.54) is 13.4 Å². The van der Waals surface area contributed by atoms with Crippen molar-refractivity contribution in [2.45, 2.75) is 13.3 Å². The number of hydrogen-bond donors (Lipinski definition) is 2. The molecule has 0 bridgehead atoms. The second-order valence-corrected chi connectivity index (χ2v) is 4.13. The highest BCUT2D eigenvalue weighted by Crippen LogP contribution is 2.34. The van der Waals surface area contributed by atoms with E-state index in [1.54, 1.807) is 12.1 Å². The Labute approximate surface area is 123 Å². The molecule has 0 spiro atoms. The van der Waals surface area contributed by atoms with E-state index < -0.39 is 0 Å². The average molecular weight is 290 g/mol. The molecule has 0 atom stereocenters. The number of nitrogens with one attached hydrogen (secondary N) is 1. The number of hydrogen-bond acceptors (Lipinski definition) is 7. The number of ether oxygens (including phenoxy) is 3. The Morgan fingerprint density at radius 1 is 1.14 bits per heavy atom. The van der Waals surface area contributed by atoms with E-state index >= 15 is 0 Å². The van der Waals surface area contributed by atoms with Crippen LogP contribution in [-0.4, -0.2) is 23.7 Å². The Bertz CT molecular complexity index is 575. The standard InChI is InChI=1S/C14H18N4O3/c1-3-8-20-10-4-6-11(7-5-10)21-14-12(19-2)13(18-15)16-9-17-14/h4-7,9H,3,8,15H2,1-2H3,(H,16,17,18). The number of rotatable bonds is 7. The topological polar surface area (TPSA) is 91.5 Å². The predicted molar refractivity (Wildman–Crippen MR) is 78.7 cm³/mol. The summed E-state index contributed by atoms with van der Waals surface area (Å²) in [6.07, 6.45) is 2.30. The maximum Gasteiger partial charge on any atom is 0.268 e. The van der Waals surface area contributed by atoms with Crippen LogP contribution in [0.1, 0.15) is 13.3 Å². The number of benzene rings is 1. The zero-order valence-electron chi connectivity index (χ0n) is 12.0. The molecule has 0 radical (unpaired) electrons. The van der Waals surface area contributed by atoms with Gasteiger partial charge in [-0.2, -0.15) is 4.98 Å². The van der Waals surface area contributed by atoms with Gasteiger partial charge in [0.25, 0.3) is 5.88 Å². The number of nitrogen functional groups attached to an aromatic ring is 1. The molecule has 7 heteroatoms. The first-order chi connectivity index (χ1) is 10.3. The summed E-state index contributed by atoms with van der Waals surface area (Å²) in [6, 6.07) is 7.26. The molecule has 7 nitrogen and oxygen atoms in total. The lowest BCUT2D eigenvalue weighted by Gasteiger charge is -2.12. The summed E-state index contributed by atoms with van der Waals surface area (Å²) in [6.45, 7) is 2.74. The monoisotopic (exact) mass is 290 g/mol. The SMILES string of the molecule is CCCOc1ccc(Oc2ncnc(NN)c2OC)cc1. The Balaban J connectivity index is 2.14. The average Bonchev–Trinajstić information content (AvgIpc) is 2.54. The third-order valence-electron chi connectivity index (χ3n) is 2.62. The minimum absolute atomic E-state index is 0.280. The van der Waals surface area contributed by atoms with Gasteiger partial charge in [-0.25, -0.2) is 10.8 Å². The number of nitrogens with two attached hydrogens (primary N) is 1. The Morgan fingerprint density at radius 2 is 1.86 bits per heavy atom. The van der Waals surface area contributed by atoms with Crippen molar-refractivity contribution >= 4 is 5.82 Å². The molecular formula is C14H18N4O3. The predicted octanol–water partition coefficient (Wildman–Crippen LogP) is 2.35. The van der Waals surface area contributed by atoms with Crippen molar-refractivity contribution in [2.24, 2.45) is 5.84 Å². The van der Waals surface area contributed by atoms with Crippen LogP contribution in [0.25, 0.3) is 0 Å². The number of nitrogens with zero attached hydrogens (tertiary/aromatic N) is 2. The molecule has 1 heterocycles. The van der Waals surface area contributed by atoms with Crippen LogP contribution in [0.15, 0.2) is 30.6 Å². The van der Waals surface area contributed by atoms with Crippen molar-refractivity contribution < 1.29 is 14.2 Å². The molecule has 3 N–H and O–H groups in total. The van der Waals surface area contributed by atoms with E-state index in [4.69, 9.17) is 20.1 Å². The highest BCUT2D eigenvalue weighted by atomic mass is 16.5. The summed E-state index contributed by atoms with van der Waals surface area (Å²) in [4.78, 5) is 7.99. The van der Waals surface area contributed by atoms with E-state index in [0.717, 1.165) is 12.2 Å². The largest absolute Gasteiger partial charge is 0.494 e. The zero-order valence-corrected chi connectivity index (χ0v) is 12.0. The highest BCUT2D eigenvalue weighted by Gasteiger charge is 2.13. The van der Waals surface area contributed by atoms with Crippen LogP contribution in [0.4, 0.5) is 5.82 Å². The van der Waals surface area contributed by atoms with Crippen LogP contribution in [0, 0.1) is 0 Å². The fraction of sp³-hybridized carbons (Fsp3) is 0.286. The van der Waals surface area contributed by atoms with Crippen LogP contribution < -0.4 is 25.5 Å². The molecule has 0 saturated heterocycles. The lowest BCUT2D eigenvalue weighted by atomic mass is 10.3. The third-order valence-corrected chi connectivity index (χ3v) is 2.62. The lowest BCUT2D eigenvalue weighted by Crippen LogP contribution is -2.10. The van der Waals surface area contributed by atoms with Crippen molar-refractivity contribution in [1.29, 1.82) is 0 Å². The van der Waals surface area contributed by atoms with Gasteiger partial charge in [0, 0.05) is 0 Å². The van der Waals surface area contributed by atoms with Crippen molar-refractivity contribution in [3.63, 3.8) is 0 Å². The van der Waals surface area contributed by atoms with Gasteiger partial charge < -0.3 is 19.6 Å². The molecule has 112 valence electrons. The molecule has 2 rings (SSSR count). The van der Waals surface area contributed by atoms with Gasteiger partial charge in [-0.3, -0.25) is 0 Å². The van der Waals surface area contributed by atoms with Crippen molar-refractivity contribution in [3.8, 4) is 23.1 Å². The minimum Gasteiger partial charge on any atom is -0.494 e. The van der Waals surface area contributed by atoms with Gasteiger partial charge in [0.05, 0.1) is 13.7 Å². The summed E-state index contributed by atoms with van der Waals surface area (Å²) in [5.41, 5.74) is 2.43. The molecule has 2 aromatic rings. The second-order valence-electron chi connectivity index (χ2n) is 4.13. The second kappa shape index (κ2) is 7.30. The lowest BCUT2D eigenvalue weighted by molar-refractivity contribution is 0.316. The third kappa shape index (κ3) is 3.73. The molecule has 0 fully saturated rings. The molecule has 1 aromatic heterocycles. The maximum absolute atomic E-state index is 5.68. The quantitative estimate of drug-likeness (QED) is 0.597. The fourth-order valence-corrected chi connectivity index (χ4v) is 1.65. The molecular weight excluding hydrogens is 272 g/mol.